The summed E-state index contributed by atoms with van der Waals surface area (Å²) in [5.41, 5.74) is 2.10. The minimum Gasteiger partial charge on any atom is -0.469 e. The zero-order valence-electron chi connectivity index (χ0n) is 17.4. The molecule has 0 radical (unpaired) electrons. The molecule has 0 atom stereocenters. The Labute approximate surface area is 178 Å². The fourth-order valence-electron chi connectivity index (χ4n) is 3.84. The van der Waals surface area contributed by atoms with Crippen molar-refractivity contribution in [3.05, 3.63) is 74.6 Å². The number of esters is 1. The third-order valence-electron chi connectivity index (χ3n) is 5.59. The molecule has 0 spiro atoms. The van der Waals surface area contributed by atoms with E-state index in [4.69, 9.17) is 9.72 Å². The molecule has 5 nitrogen and oxygen atoms in total. The van der Waals surface area contributed by atoms with Crippen LogP contribution in [0, 0.1) is 13.8 Å². The van der Waals surface area contributed by atoms with Gasteiger partial charge in [-0.2, -0.15) is 0 Å². The fourth-order valence-corrected chi connectivity index (χ4v) is 4.87. The number of benzene rings is 2. The highest BCUT2D eigenvalue weighted by molar-refractivity contribution is 7.18. The number of carbonyl (C=O) groups is 1. The van der Waals surface area contributed by atoms with Crippen molar-refractivity contribution in [2.45, 2.75) is 39.7 Å². The third-order valence-corrected chi connectivity index (χ3v) is 6.69. The summed E-state index contributed by atoms with van der Waals surface area (Å²) in [6, 6.07) is 14.4. The van der Waals surface area contributed by atoms with Crippen LogP contribution in [0.2, 0.25) is 0 Å². The highest BCUT2D eigenvalue weighted by atomic mass is 32.1. The van der Waals surface area contributed by atoms with E-state index in [0.29, 0.717) is 24.8 Å². The van der Waals surface area contributed by atoms with Gasteiger partial charge in [-0.25, -0.2) is 4.98 Å². The molecule has 4 rings (SSSR count). The first-order valence-corrected chi connectivity index (χ1v) is 10.8. The Kier molecular flexibility index (Phi) is 5.68. The van der Waals surface area contributed by atoms with Crippen molar-refractivity contribution in [3.8, 4) is 0 Å². The number of rotatable bonds is 6. The Hall–Kier alpha value is -2.99. The quantitative estimate of drug-likeness (QED) is 0.422. The Morgan fingerprint density at radius 3 is 2.70 bits per heavy atom. The third kappa shape index (κ3) is 3.75. The number of fused-ring (bicyclic) bond motifs is 2. The second kappa shape index (κ2) is 8.40. The van der Waals surface area contributed by atoms with E-state index in [1.807, 2.05) is 32.0 Å². The van der Waals surface area contributed by atoms with Gasteiger partial charge in [0.2, 0.25) is 0 Å². The Morgan fingerprint density at radius 2 is 1.90 bits per heavy atom. The van der Waals surface area contributed by atoms with Crippen molar-refractivity contribution in [1.29, 1.82) is 0 Å². The van der Waals surface area contributed by atoms with Gasteiger partial charge >= 0.3 is 5.97 Å². The van der Waals surface area contributed by atoms with Crippen LogP contribution < -0.4 is 5.56 Å². The molecule has 0 saturated heterocycles. The van der Waals surface area contributed by atoms with Crippen molar-refractivity contribution < 1.29 is 9.53 Å². The van der Waals surface area contributed by atoms with Crippen LogP contribution in [0.15, 0.2) is 47.3 Å². The van der Waals surface area contributed by atoms with Crippen LogP contribution in [0.25, 0.3) is 21.0 Å². The Balaban J connectivity index is 1.81. The van der Waals surface area contributed by atoms with Crippen molar-refractivity contribution in [2.24, 2.45) is 0 Å². The number of hydrogen-bond acceptors (Lipinski definition) is 5. The molecule has 2 aromatic carbocycles. The topological polar surface area (TPSA) is 61.2 Å². The first kappa shape index (κ1) is 20.3. The normalized spacial score (nSPS) is 11.3. The highest BCUT2D eigenvalue weighted by Gasteiger charge is 2.17. The van der Waals surface area contributed by atoms with E-state index in [1.54, 1.807) is 15.9 Å². The molecule has 2 aromatic heterocycles. The van der Waals surface area contributed by atoms with Gasteiger partial charge in [-0.3, -0.25) is 14.2 Å². The summed E-state index contributed by atoms with van der Waals surface area (Å²) in [6.07, 6.45) is 1.36. The maximum absolute atomic E-state index is 13.4. The number of carbonyl (C=O) groups excluding carboxylic acids is 1. The van der Waals surface area contributed by atoms with Crippen LogP contribution in [0.5, 0.6) is 0 Å². The summed E-state index contributed by atoms with van der Waals surface area (Å²) in [6.45, 7) is 4.43. The van der Waals surface area contributed by atoms with Gasteiger partial charge in [-0.15, -0.1) is 11.3 Å². The van der Waals surface area contributed by atoms with Gasteiger partial charge in [0.1, 0.15) is 10.7 Å². The minimum atomic E-state index is -0.268. The lowest BCUT2D eigenvalue weighted by molar-refractivity contribution is -0.140. The minimum absolute atomic E-state index is 0.0260. The molecule has 2 heterocycles. The molecule has 0 N–H and O–H groups in total. The van der Waals surface area contributed by atoms with E-state index in [9.17, 15) is 9.59 Å². The number of nitrogens with zero attached hydrogens (tertiary/aromatic N) is 2. The molecule has 6 heteroatoms. The molecular weight excluding hydrogens is 396 g/mol. The largest absolute Gasteiger partial charge is 0.469 e. The van der Waals surface area contributed by atoms with Gasteiger partial charge < -0.3 is 4.74 Å². The maximum Gasteiger partial charge on any atom is 0.305 e. The lowest BCUT2D eigenvalue weighted by Gasteiger charge is -2.14. The van der Waals surface area contributed by atoms with E-state index in [1.165, 1.54) is 12.5 Å². The van der Waals surface area contributed by atoms with Crippen molar-refractivity contribution in [3.63, 3.8) is 0 Å². The number of ether oxygens (including phenoxy) is 1. The lowest BCUT2D eigenvalue weighted by atomic mass is 10.0. The molecule has 0 fully saturated rings. The zero-order chi connectivity index (χ0) is 21.3. The van der Waals surface area contributed by atoms with Gasteiger partial charge in [0.25, 0.3) is 5.56 Å². The van der Waals surface area contributed by atoms with E-state index >= 15 is 0 Å². The number of thiophene rings is 1. The smallest absolute Gasteiger partial charge is 0.305 e. The van der Waals surface area contributed by atoms with Crippen LogP contribution in [0.1, 0.15) is 34.7 Å². The molecule has 0 unspecified atom stereocenters. The van der Waals surface area contributed by atoms with Crippen molar-refractivity contribution in [2.75, 3.05) is 7.11 Å². The molecule has 0 bridgehead atoms. The second-order valence-corrected chi connectivity index (χ2v) is 8.65. The molecule has 0 aliphatic rings. The summed E-state index contributed by atoms with van der Waals surface area (Å²) in [5.74, 6) is 0.463. The molecule has 154 valence electrons. The van der Waals surface area contributed by atoms with Gasteiger partial charge in [-0.1, -0.05) is 42.5 Å². The molecular formula is C24H24N2O3S. The Bertz CT molecular complexity index is 1300. The van der Waals surface area contributed by atoms with E-state index in [-0.39, 0.29) is 17.9 Å². The van der Waals surface area contributed by atoms with Crippen LogP contribution >= 0.6 is 11.3 Å². The van der Waals surface area contributed by atoms with Crippen LogP contribution in [0.4, 0.5) is 0 Å². The predicted molar refractivity (Wildman–Crippen MR) is 121 cm³/mol. The average Bonchev–Trinajstić information content (AvgIpc) is 3.03. The van der Waals surface area contributed by atoms with Crippen LogP contribution in [-0.4, -0.2) is 22.6 Å². The fraction of sp³-hybridized carbons (Fsp3) is 0.292. The first-order valence-electron chi connectivity index (χ1n) is 10.0. The Morgan fingerprint density at radius 1 is 1.13 bits per heavy atom. The number of methoxy groups -OCH3 is 1. The van der Waals surface area contributed by atoms with Gasteiger partial charge in [0.05, 0.1) is 12.5 Å². The van der Waals surface area contributed by atoms with Crippen LogP contribution in [-0.2, 0) is 22.5 Å². The van der Waals surface area contributed by atoms with Gasteiger partial charge in [0, 0.05) is 24.3 Å². The molecule has 4 aromatic rings. The standard InChI is InChI=1S/C24H24N2O3S/c1-15-16(2)30-23-22(15)24(28)26(13-7-12-21(27)29-3)20(25-23)14-18-10-6-9-17-8-4-5-11-19(17)18/h4-6,8-11H,7,12-14H2,1-3H3. The zero-order valence-corrected chi connectivity index (χ0v) is 18.2. The lowest BCUT2D eigenvalue weighted by Crippen LogP contribution is -2.26. The van der Waals surface area contributed by atoms with E-state index < -0.39 is 0 Å². The van der Waals surface area contributed by atoms with Crippen molar-refractivity contribution in [1.82, 2.24) is 9.55 Å². The second-order valence-electron chi connectivity index (χ2n) is 7.44. The summed E-state index contributed by atoms with van der Waals surface area (Å²) < 4.78 is 6.49. The van der Waals surface area contributed by atoms with E-state index in [0.717, 1.165) is 32.0 Å². The monoisotopic (exact) mass is 420 g/mol. The van der Waals surface area contributed by atoms with Crippen LogP contribution in [0.3, 0.4) is 0 Å². The van der Waals surface area contributed by atoms with Gasteiger partial charge in [-0.05, 0) is 42.2 Å². The highest BCUT2D eigenvalue weighted by Crippen LogP contribution is 2.27. The van der Waals surface area contributed by atoms with Gasteiger partial charge in [0.15, 0.2) is 0 Å². The van der Waals surface area contributed by atoms with Crippen molar-refractivity contribution >= 4 is 38.3 Å². The SMILES string of the molecule is COC(=O)CCCn1c(Cc2cccc3ccccc23)nc2sc(C)c(C)c2c1=O. The average molecular weight is 421 g/mol. The summed E-state index contributed by atoms with van der Waals surface area (Å²) >= 11 is 1.56. The maximum atomic E-state index is 13.4. The molecule has 30 heavy (non-hydrogen) atoms. The first-order chi connectivity index (χ1) is 14.5. The number of aromatic nitrogens is 2. The number of hydrogen-bond donors (Lipinski definition) is 0. The summed E-state index contributed by atoms with van der Waals surface area (Å²) in [7, 11) is 1.38. The number of aryl methyl sites for hydroxylation is 2. The molecule has 0 saturated carbocycles. The summed E-state index contributed by atoms with van der Waals surface area (Å²) in [4.78, 5) is 31.8. The molecule has 0 amide bonds. The molecule has 0 aliphatic heterocycles. The predicted octanol–water partition coefficient (Wildman–Crippen LogP) is 4.77. The summed E-state index contributed by atoms with van der Waals surface area (Å²) in [5, 5.41) is 3.02. The van der Waals surface area contributed by atoms with E-state index in [2.05, 4.69) is 24.3 Å². The molecule has 0 aliphatic carbocycles.